The average Bonchev–Trinajstić information content (AvgIpc) is 2.30. The Morgan fingerprint density at radius 2 is 2.45 bits per heavy atom. The summed E-state index contributed by atoms with van der Waals surface area (Å²) in [6.07, 6.45) is 3.30. The van der Waals surface area contributed by atoms with Gasteiger partial charge in [-0.25, -0.2) is 4.79 Å². The van der Waals surface area contributed by atoms with Gasteiger partial charge in [0.15, 0.2) is 0 Å². The van der Waals surface area contributed by atoms with Crippen LogP contribution in [0.25, 0.3) is 11.0 Å². The Morgan fingerprint density at radius 3 is 3.18 bits per heavy atom. The number of aromatic nitrogens is 3. The normalized spacial score (nSPS) is 10.6. The van der Waals surface area contributed by atoms with E-state index < -0.39 is 0 Å². The number of aromatic amines is 1. The first-order valence-corrected chi connectivity index (χ1v) is 3.28. The number of imidazole rings is 1. The van der Waals surface area contributed by atoms with Crippen molar-refractivity contribution in [2.75, 3.05) is 0 Å². The van der Waals surface area contributed by atoms with Gasteiger partial charge < -0.3 is 4.98 Å². The fourth-order valence-corrected chi connectivity index (χ4v) is 1.08. The minimum Gasteiger partial charge on any atom is -0.304 e. The second-order valence-corrected chi connectivity index (χ2v) is 2.38. The molecule has 0 aliphatic rings. The van der Waals surface area contributed by atoms with Gasteiger partial charge >= 0.3 is 5.69 Å². The molecular weight excluding hydrogens is 142 g/mol. The van der Waals surface area contributed by atoms with Gasteiger partial charge in [0.05, 0.1) is 17.2 Å². The number of hydrogen-bond donors (Lipinski definition) is 1. The van der Waals surface area contributed by atoms with Crippen molar-refractivity contribution in [3.05, 3.63) is 28.9 Å². The Morgan fingerprint density at radius 1 is 1.64 bits per heavy atom. The molecule has 0 saturated heterocycles. The van der Waals surface area contributed by atoms with Crippen molar-refractivity contribution in [1.82, 2.24) is 14.5 Å². The summed E-state index contributed by atoms with van der Waals surface area (Å²) in [5.41, 5.74) is 1.55. The van der Waals surface area contributed by atoms with Crippen LogP contribution in [-0.2, 0) is 7.05 Å². The summed E-state index contributed by atoms with van der Waals surface area (Å²) in [5.74, 6) is 0. The maximum absolute atomic E-state index is 11.0. The number of aryl methyl sites for hydroxylation is 1. The molecule has 4 nitrogen and oxygen atoms in total. The summed E-state index contributed by atoms with van der Waals surface area (Å²) < 4.78 is 1.55. The molecule has 0 amide bonds. The van der Waals surface area contributed by atoms with Crippen molar-refractivity contribution < 1.29 is 0 Å². The van der Waals surface area contributed by atoms with Gasteiger partial charge in [-0.3, -0.25) is 9.55 Å². The van der Waals surface area contributed by atoms with E-state index in [1.165, 1.54) is 0 Å². The van der Waals surface area contributed by atoms with E-state index in [1.807, 2.05) is 0 Å². The third-order valence-corrected chi connectivity index (χ3v) is 1.71. The van der Waals surface area contributed by atoms with E-state index in [1.54, 1.807) is 30.1 Å². The average molecular weight is 149 g/mol. The standard InChI is InChI=1S/C7H7N3O/c1-10-6-2-3-8-4-5(6)9-7(10)11/h2-4H,1H3,(H,9,11). The summed E-state index contributed by atoms with van der Waals surface area (Å²) in [6, 6.07) is 1.80. The number of nitrogens with zero attached hydrogens (tertiary/aromatic N) is 2. The topological polar surface area (TPSA) is 50.7 Å². The number of rotatable bonds is 0. The quantitative estimate of drug-likeness (QED) is 0.584. The third kappa shape index (κ3) is 0.756. The summed E-state index contributed by atoms with van der Waals surface area (Å²) in [6.45, 7) is 0. The minimum absolute atomic E-state index is 0.104. The van der Waals surface area contributed by atoms with Crippen LogP contribution in [0.15, 0.2) is 23.3 Å². The lowest BCUT2D eigenvalue weighted by Gasteiger charge is -1.89. The van der Waals surface area contributed by atoms with E-state index in [2.05, 4.69) is 9.97 Å². The summed E-state index contributed by atoms with van der Waals surface area (Å²) in [4.78, 5) is 17.6. The van der Waals surface area contributed by atoms with Crippen LogP contribution < -0.4 is 5.69 Å². The van der Waals surface area contributed by atoms with Crippen LogP contribution in [0, 0.1) is 0 Å². The Hall–Kier alpha value is -1.58. The van der Waals surface area contributed by atoms with Crippen LogP contribution in [0.3, 0.4) is 0 Å². The molecule has 2 rings (SSSR count). The molecule has 2 heterocycles. The zero-order valence-electron chi connectivity index (χ0n) is 6.03. The molecule has 0 atom stereocenters. The number of pyridine rings is 1. The molecule has 0 bridgehead atoms. The number of hydrogen-bond acceptors (Lipinski definition) is 2. The highest BCUT2D eigenvalue weighted by Crippen LogP contribution is 2.04. The van der Waals surface area contributed by atoms with Gasteiger partial charge in [0.1, 0.15) is 0 Å². The first kappa shape index (κ1) is 6.15. The van der Waals surface area contributed by atoms with Crippen LogP contribution >= 0.6 is 0 Å². The number of H-pyrrole nitrogens is 1. The van der Waals surface area contributed by atoms with Crippen LogP contribution in [0.4, 0.5) is 0 Å². The van der Waals surface area contributed by atoms with Crippen molar-refractivity contribution in [3.8, 4) is 0 Å². The van der Waals surface area contributed by atoms with E-state index in [4.69, 9.17) is 0 Å². The fraction of sp³-hybridized carbons (Fsp3) is 0.143. The molecule has 0 saturated carbocycles. The molecule has 56 valence electrons. The maximum atomic E-state index is 11.0. The largest absolute Gasteiger partial charge is 0.326 e. The molecule has 0 spiro atoms. The van der Waals surface area contributed by atoms with Crippen LogP contribution in [0.1, 0.15) is 0 Å². The van der Waals surface area contributed by atoms with E-state index in [-0.39, 0.29) is 5.69 Å². The molecule has 0 radical (unpaired) electrons. The Labute approximate surface area is 62.5 Å². The van der Waals surface area contributed by atoms with Gasteiger partial charge in [-0.15, -0.1) is 0 Å². The van der Waals surface area contributed by atoms with E-state index >= 15 is 0 Å². The molecule has 2 aromatic heterocycles. The molecule has 0 unspecified atom stereocenters. The van der Waals surface area contributed by atoms with E-state index in [0.29, 0.717) is 0 Å². The molecule has 1 N–H and O–H groups in total. The molecule has 0 aliphatic carbocycles. The van der Waals surface area contributed by atoms with Crippen molar-refractivity contribution in [3.63, 3.8) is 0 Å². The SMILES string of the molecule is Cn1c(=O)[nH]c2cnccc21. The summed E-state index contributed by atoms with van der Waals surface area (Å²) in [5, 5.41) is 0. The highest BCUT2D eigenvalue weighted by atomic mass is 16.1. The van der Waals surface area contributed by atoms with Crippen LogP contribution in [0.5, 0.6) is 0 Å². The van der Waals surface area contributed by atoms with Gasteiger partial charge in [-0.05, 0) is 6.07 Å². The van der Waals surface area contributed by atoms with E-state index in [9.17, 15) is 4.79 Å². The molecule has 0 fully saturated rings. The molecule has 2 aromatic rings. The second-order valence-electron chi connectivity index (χ2n) is 2.38. The monoisotopic (exact) mass is 149 g/mol. The number of fused-ring (bicyclic) bond motifs is 1. The number of nitrogens with one attached hydrogen (secondary N) is 1. The van der Waals surface area contributed by atoms with Crippen molar-refractivity contribution >= 4 is 11.0 Å². The van der Waals surface area contributed by atoms with Crippen molar-refractivity contribution in [2.24, 2.45) is 7.05 Å². The lowest BCUT2D eigenvalue weighted by Crippen LogP contribution is -2.11. The fourth-order valence-electron chi connectivity index (χ4n) is 1.08. The second kappa shape index (κ2) is 1.95. The first-order chi connectivity index (χ1) is 5.29. The lowest BCUT2D eigenvalue weighted by atomic mass is 10.4. The van der Waals surface area contributed by atoms with Crippen molar-refractivity contribution in [2.45, 2.75) is 0 Å². The highest BCUT2D eigenvalue weighted by molar-refractivity contribution is 5.73. The van der Waals surface area contributed by atoms with Gasteiger partial charge in [0.25, 0.3) is 0 Å². The highest BCUT2D eigenvalue weighted by Gasteiger charge is 1.99. The van der Waals surface area contributed by atoms with Gasteiger partial charge in [0.2, 0.25) is 0 Å². The van der Waals surface area contributed by atoms with Crippen molar-refractivity contribution in [1.29, 1.82) is 0 Å². The minimum atomic E-state index is -0.104. The lowest BCUT2D eigenvalue weighted by molar-refractivity contribution is 0.891. The molecule has 4 heteroatoms. The van der Waals surface area contributed by atoms with Gasteiger partial charge in [-0.1, -0.05) is 0 Å². The maximum Gasteiger partial charge on any atom is 0.326 e. The van der Waals surface area contributed by atoms with Crippen LogP contribution in [-0.4, -0.2) is 14.5 Å². The van der Waals surface area contributed by atoms with E-state index in [0.717, 1.165) is 11.0 Å². The molecule has 0 aromatic carbocycles. The van der Waals surface area contributed by atoms with Gasteiger partial charge in [-0.2, -0.15) is 0 Å². The third-order valence-electron chi connectivity index (χ3n) is 1.71. The Balaban J connectivity index is 3.04. The Kier molecular flexibility index (Phi) is 1.09. The molecule has 0 aliphatic heterocycles. The molecule has 11 heavy (non-hydrogen) atoms. The van der Waals surface area contributed by atoms with Gasteiger partial charge in [0, 0.05) is 13.2 Å². The summed E-state index contributed by atoms with van der Waals surface area (Å²) in [7, 11) is 1.72. The molecular formula is C7H7N3O. The van der Waals surface area contributed by atoms with Crippen LogP contribution in [0.2, 0.25) is 0 Å². The summed E-state index contributed by atoms with van der Waals surface area (Å²) >= 11 is 0. The zero-order valence-corrected chi connectivity index (χ0v) is 6.03. The zero-order chi connectivity index (χ0) is 7.84. The predicted molar refractivity (Wildman–Crippen MR) is 41.3 cm³/mol. The predicted octanol–water partition coefficient (Wildman–Crippen LogP) is 0.262. The Bertz CT molecular complexity index is 440. The smallest absolute Gasteiger partial charge is 0.304 e. The first-order valence-electron chi connectivity index (χ1n) is 3.28.